The van der Waals surface area contributed by atoms with E-state index >= 15 is 0 Å². The van der Waals surface area contributed by atoms with Gasteiger partial charge in [0.15, 0.2) is 5.82 Å². The lowest BCUT2D eigenvalue weighted by molar-refractivity contribution is 0.636. The summed E-state index contributed by atoms with van der Waals surface area (Å²) in [5.74, 6) is 0.647. The summed E-state index contributed by atoms with van der Waals surface area (Å²) in [5.41, 5.74) is 1.26. The number of aromatic nitrogens is 2. The smallest absolute Gasteiger partial charge is 0.151 e. The molecule has 80 valence electrons. The number of H-pyrrole nitrogens is 1. The molecule has 0 atom stereocenters. The molecule has 1 heterocycles. The summed E-state index contributed by atoms with van der Waals surface area (Å²) < 4.78 is 13.3. The van der Waals surface area contributed by atoms with E-state index in [0.717, 1.165) is 24.2 Å². The molecule has 2 aromatic rings. The minimum Gasteiger partial charge on any atom is -0.342 e. The Kier molecular flexibility index (Phi) is 2.99. The number of hydrogen-bond acceptors (Lipinski definition) is 1. The first-order chi connectivity index (χ1) is 7.31. The molecule has 15 heavy (non-hydrogen) atoms. The number of aromatic amines is 1. The SMILES string of the molecule is CCCCCc1nc2c(F)cccc2[nH]1. The number of hydrogen-bond donors (Lipinski definition) is 1. The van der Waals surface area contributed by atoms with Gasteiger partial charge in [-0.1, -0.05) is 25.8 Å². The first kappa shape index (κ1) is 10.1. The fraction of sp³-hybridized carbons (Fsp3) is 0.417. The Morgan fingerprint density at radius 2 is 2.20 bits per heavy atom. The summed E-state index contributed by atoms with van der Waals surface area (Å²) in [7, 11) is 0. The van der Waals surface area contributed by atoms with Gasteiger partial charge in [0.25, 0.3) is 0 Å². The van der Waals surface area contributed by atoms with Gasteiger partial charge in [-0.2, -0.15) is 0 Å². The monoisotopic (exact) mass is 206 g/mol. The highest BCUT2D eigenvalue weighted by Crippen LogP contribution is 2.15. The van der Waals surface area contributed by atoms with Gasteiger partial charge < -0.3 is 4.98 Å². The highest BCUT2D eigenvalue weighted by Gasteiger charge is 2.05. The highest BCUT2D eigenvalue weighted by molar-refractivity contribution is 5.75. The molecule has 1 aromatic heterocycles. The fourth-order valence-corrected chi connectivity index (χ4v) is 1.71. The van der Waals surface area contributed by atoms with Crippen LogP contribution >= 0.6 is 0 Å². The molecule has 2 rings (SSSR count). The molecule has 2 nitrogen and oxygen atoms in total. The molecule has 0 saturated carbocycles. The van der Waals surface area contributed by atoms with Crippen molar-refractivity contribution in [1.82, 2.24) is 9.97 Å². The van der Waals surface area contributed by atoms with Crippen LogP contribution in [0, 0.1) is 5.82 Å². The van der Waals surface area contributed by atoms with E-state index in [1.54, 1.807) is 6.07 Å². The van der Waals surface area contributed by atoms with Gasteiger partial charge in [0, 0.05) is 6.42 Å². The van der Waals surface area contributed by atoms with E-state index in [4.69, 9.17) is 0 Å². The van der Waals surface area contributed by atoms with Gasteiger partial charge in [-0.15, -0.1) is 0 Å². The lowest BCUT2D eigenvalue weighted by Crippen LogP contribution is -1.87. The van der Waals surface area contributed by atoms with Crippen LogP contribution in [0.5, 0.6) is 0 Å². The third kappa shape index (κ3) is 2.17. The number of nitrogens with zero attached hydrogens (tertiary/aromatic N) is 1. The highest BCUT2D eigenvalue weighted by atomic mass is 19.1. The van der Waals surface area contributed by atoms with Crippen molar-refractivity contribution >= 4 is 11.0 Å². The predicted molar refractivity (Wildman–Crippen MR) is 59.3 cm³/mol. The molecule has 3 heteroatoms. The molecular formula is C12H15FN2. The summed E-state index contributed by atoms with van der Waals surface area (Å²) in [6.07, 6.45) is 4.40. The lowest BCUT2D eigenvalue weighted by Gasteiger charge is -1.93. The largest absolute Gasteiger partial charge is 0.342 e. The van der Waals surface area contributed by atoms with Gasteiger partial charge in [-0.3, -0.25) is 0 Å². The summed E-state index contributed by atoms with van der Waals surface area (Å²) in [4.78, 5) is 7.40. The third-order valence-electron chi connectivity index (χ3n) is 2.53. The van der Waals surface area contributed by atoms with E-state index < -0.39 is 0 Å². The number of nitrogens with one attached hydrogen (secondary N) is 1. The van der Waals surface area contributed by atoms with E-state index in [2.05, 4.69) is 16.9 Å². The number of imidazole rings is 1. The van der Waals surface area contributed by atoms with Gasteiger partial charge in [-0.25, -0.2) is 9.37 Å². The number of rotatable bonds is 4. The number of benzene rings is 1. The number of para-hydroxylation sites is 1. The van der Waals surface area contributed by atoms with E-state index in [-0.39, 0.29) is 5.82 Å². The second kappa shape index (κ2) is 4.43. The van der Waals surface area contributed by atoms with Crippen LogP contribution in [0.1, 0.15) is 32.0 Å². The Bertz CT molecular complexity index is 448. The molecule has 0 spiro atoms. The first-order valence-electron chi connectivity index (χ1n) is 5.44. The van der Waals surface area contributed by atoms with E-state index in [0.29, 0.717) is 5.52 Å². The molecular weight excluding hydrogens is 191 g/mol. The Balaban J connectivity index is 2.20. The van der Waals surface area contributed by atoms with Crippen molar-refractivity contribution in [3.8, 4) is 0 Å². The van der Waals surface area contributed by atoms with E-state index in [1.165, 1.54) is 18.9 Å². The summed E-state index contributed by atoms with van der Waals surface area (Å²) >= 11 is 0. The van der Waals surface area contributed by atoms with Gasteiger partial charge in [-0.05, 0) is 18.6 Å². The maximum Gasteiger partial charge on any atom is 0.151 e. The Morgan fingerprint density at radius 1 is 1.33 bits per heavy atom. The minimum absolute atomic E-state index is 0.245. The molecule has 0 aliphatic heterocycles. The number of unbranched alkanes of at least 4 members (excludes halogenated alkanes) is 2. The van der Waals surface area contributed by atoms with Crippen LogP contribution in [-0.4, -0.2) is 9.97 Å². The van der Waals surface area contributed by atoms with E-state index in [1.807, 2.05) is 6.07 Å². The maximum absolute atomic E-state index is 13.3. The van der Waals surface area contributed by atoms with Gasteiger partial charge in [0.05, 0.1) is 5.52 Å². The molecule has 1 aromatic carbocycles. The average molecular weight is 206 g/mol. The summed E-state index contributed by atoms with van der Waals surface area (Å²) in [6, 6.07) is 5.00. The first-order valence-corrected chi connectivity index (χ1v) is 5.44. The maximum atomic E-state index is 13.3. The third-order valence-corrected chi connectivity index (χ3v) is 2.53. The number of aryl methyl sites for hydroxylation is 1. The van der Waals surface area contributed by atoms with Gasteiger partial charge in [0.1, 0.15) is 11.3 Å². The summed E-state index contributed by atoms with van der Waals surface area (Å²) in [5, 5.41) is 0. The molecule has 0 unspecified atom stereocenters. The van der Waals surface area contributed by atoms with Gasteiger partial charge in [0.2, 0.25) is 0 Å². The van der Waals surface area contributed by atoms with Crippen LogP contribution < -0.4 is 0 Å². The standard InChI is InChI=1S/C12H15FN2/c1-2-3-4-8-11-14-10-7-5-6-9(13)12(10)15-11/h5-7H,2-4,8H2,1H3,(H,14,15). The average Bonchev–Trinajstić information content (AvgIpc) is 2.63. The molecule has 0 aliphatic carbocycles. The van der Waals surface area contributed by atoms with Crippen LogP contribution in [0.3, 0.4) is 0 Å². The topological polar surface area (TPSA) is 28.7 Å². The van der Waals surface area contributed by atoms with Crippen molar-refractivity contribution in [2.75, 3.05) is 0 Å². The van der Waals surface area contributed by atoms with Crippen molar-refractivity contribution in [2.45, 2.75) is 32.6 Å². The quantitative estimate of drug-likeness (QED) is 0.763. The van der Waals surface area contributed by atoms with Crippen molar-refractivity contribution in [2.24, 2.45) is 0 Å². The van der Waals surface area contributed by atoms with Crippen molar-refractivity contribution in [1.29, 1.82) is 0 Å². The van der Waals surface area contributed by atoms with Crippen LogP contribution in [-0.2, 0) is 6.42 Å². The zero-order valence-corrected chi connectivity index (χ0v) is 8.89. The Hall–Kier alpha value is -1.38. The number of fused-ring (bicyclic) bond motifs is 1. The fourth-order valence-electron chi connectivity index (χ4n) is 1.71. The molecule has 0 bridgehead atoms. The molecule has 0 radical (unpaired) electrons. The van der Waals surface area contributed by atoms with Gasteiger partial charge >= 0.3 is 0 Å². The minimum atomic E-state index is -0.245. The predicted octanol–water partition coefficient (Wildman–Crippen LogP) is 3.43. The lowest BCUT2D eigenvalue weighted by atomic mass is 10.2. The Labute approximate surface area is 88.5 Å². The van der Waals surface area contributed by atoms with Crippen LogP contribution in [0.2, 0.25) is 0 Å². The molecule has 0 saturated heterocycles. The Morgan fingerprint density at radius 3 is 2.93 bits per heavy atom. The van der Waals surface area contributed by atoms with E-state index in [9.17, 15) is 4.39 Å². The molecule has 1 N–H and O–H groups in total. The van der Waals surface area contributed by atoms with Crippen molar-refractivity contribution < 1.29 is 4.39 Å². The van der Waals surface area contributed by atoms with Crippen LogP contribution in [0.15, 0.2) is 18.2 Å². The zero-order valence-electron chi connectivity index (χ0n) is 8.89. The van der Waals surface area contributed by atoms with Crippen molar-refractivity contribution in [3.63, 3.8) is 0 Å². The van der Waals surface area contributed by atoms with Crippen LogP contribution in [0.25, 0.3) is 11.0 Å². The molecule has 0 amide bonds. The molecule has 0 aliphatic rings. The zero-order chi connectivity index (χ0) is 10.7. The second-order valence-electron chi connectivity index (χ2n) is 3.78. The van der Waals surface area contributed by atoms with Crippen molar-refractivity contribution in [3.05, 3.63) is 29.8 Å². The molecule has 0 fully saturated rings. The van der Waals surface area contributed by atoms with Crippen LogP contribution in [0.4, 0.5) is 4.39 Å². The number of halogens is 1. The summed E-state index contributed by atoms with van der Waals surface area (Å²) in [6.45, 7) is 2.16. The second-order valence-corrected chi connectivity index (χ2v) is 3.78. The normalized spacial score (nSPS) is 11.1.